The van der Waals surface area contributed by atoms with Gasteiger partial charge in [-0.2, -0.15) is 0 Å². The summed E-state index contributed by atoms with van der Waals surface area (Å²) >= 11 is 1.16. The van der Waals surface area contributed by atoms with E-state index < -0.39 is 14.3 Å². The van der Waals surface area contributed by atoms with Crippen LogP contribution >= 0.6 is 11.3 Å². The lowest BCUT2D eigenvalue weighted by molar-refractivity contribution is 0.0701. The molecule has 25 heavy (non-hydrogen) atoms. The van der Waals surface area contributed by atoms with E-state index in [-0.39, 0.29) is 11.1 Å². The zero-order valence-corrected chi connectivity index (χ0v) is 17.7. The molecule has 1 N–H and O–H groups in total. The summed E-state index contributed by atoms with van der Waals surface area (Å²) in [5.74, 6) is -0.944. The Kier molecular flexibility index (Phi) is 5.65. The van der Waals surface area contributed by atoms with Gasteiger partial charge in [-0.05, 0) is 36.7 Å². The molecule has 1 aromatic heterocycles. The molecule has 0 saturated carbocycles. The summed E-state index contributed by atoms with van der Waals surface area (Å²) in [4.78, 5) is 27.5. The van der Waals surface area contributed by atoms with Gasteiger partial charge in [-0.1, -0.05) is 20.8 Å². The molecule has 0 atom stereocenters. The van der Waals surface area contributed by atoms with Crippen molar-refractivity contribution < 1.29 is 19.1 Å². The van der Waals surface area contributed by atoms with Crippen molar-refractivity contribution in [3.05, 3.63) is 16.5 Å². The first-order chi connectivity index (χ1) is 11.4. The smallest absolute Gasteiger partial charge is 0.346 e. The highest BCUT2D eigenvalue weighted by atomic mass is 32.1. The molecular weight excluding hydrogens is 356 g/mol. The fourth-order valence-corrected chi connectivity index (χ4v) is 4.50. The first kappa shape index (κ1) is 19.9. The number of nitrogens with zero attached hydrogens (tertiary/aromatic N) is 2. The number of carboxylic acid groups (broad SMARTS) is 1. The van der Waals surface area contributed by atoms with Crippen molar-refractivity contribution in [1.29, 1.82) is 0 Å². The van der Waals surface area contributed by atoms with Gasteiger partial charge < -0.3 is 14.4 Å². The van der Waals surface area contributed by atoms with Crippen LogP contribution in [0.4, 0.5) is 9.80 Å². The minimum Gasteiger partial charge on any atom is -0.477 e. The van der Waals surface area contributed by atoms with E-state index in [1.54, 1.807) is 22.8 Å². The molecule has 1 aliphatic rings. The molecule has 2 rings (SSSR count). The van der Waals surface area contributed by atoms with Crippen molar-refractivity contribution in [3.8, 4) is 0 Å². The number of aromatic carboxylic acids is 1. The van der Waals surface area contributed by atoms with Crippen LogP contribution in [-0.4, -0.2) is 56.6 Å². The first-order valence-electron chi connectivity index (χ1n) is 8.48. The van der Waals surface area contributed by atoms with Gasteiger partial charge in [0.1, 0.15) is 9.88 Å². The number of aryl methyl sites for hydroxylation is 1. The Morgan fingerprint density at radius 1 is 1.36 bits per heavy atom. The van der Waals surface area contributed by atoms with Gasteiger partial charge >= 0.3 is 12.0 Å². The third kappa shape index (κ3) is 4.24. The normalized spacial score (nSPS) is 16.0. The van der Waals surface area contributed by atoms with Crippen LogP contribution in [0.5, 0.6) is 0 Å². The summed E-state index contributed by atoms with van der Waals surface area (Å²) in [5, 5.41) is 10.0. The van der Waals surface area contributed by atoms with Crippen LogP contribution in [0.15, 0.2) is 6.07 Å². The highest BCUT2D eigenvalue weighted by molar-refractivity contribution is 7.18. The standard InChI is InChI=1S/C17H28N2O4SSi/c1-12-11-13(24-14(12)15(20)21)19-8-7-18(16(19)22)9-10-23-25(5,6)17(2,3)4/h11H,7-10H2,1-6H3,(H,20,21). The van der Waals surface area contributed by atoms with Gasteiger partial charge in [-0.15, -0.1) is 11.3 Å². The summed E-state index contributed by atoms with van der Waals surface area (Å²) in [6.07, 6.45) is 0. The summed E-state index contributed by atoms with van der Waals surface area (Å²) in [7, 11) is -1.81. The van der Waals surface area contributed by atoms with Crippen LogP contribution in [0, 0.1) is 6.92 Å². The van der Waals surface area contributed by atoms with Crippen LogP contribution in [0.25, 0.3) is 0 Å². The second kappa shape index (κ2) is 7.09. The molecule has 2 heterocycles. The van der Waals surface area contributed by atoms with E-state index in [4.69, 9.17) is 4.43 Å². The fraction of sp³-hybridized carbons (Fsp3) is 0.647. The van der Waals surface area contributed by atoms with Crippen molar-refractivity contribution in [2.45, 2.75) is 45.8 Å². The van der Waals surface area contributed by atoms with Crippen LogP contribution in [0.3, 0.4) is 0 Å². The number of anilines is 1. The third-order valence-corrected chi connectivity index (χ3v) is 10.9. The molecule has 0 unspecified atom stereocenters. The molecule has 1 aromatic rings. The average molecular weight is 385 g/mol. The lowest BCUT2D eigenvalue weighted by atomic mass is 10.2. The van der Waals surface area contributed by atoms with E-state index >= 15 is 0 Å². The number of rotatable bonds is 6. The van der Waals surface area contributed by atoms with Crippen molar-refractivity contribution in [2.24, 2.45) is 0 Å². The molecule has 140 valence electrons. The number of thiophene rings is 1. The number of carbonyl (C=O) groups excluding carboxylic acids is 1. The summed E-state index contributed by atoms with van der Waals surface area (Å²) in [6, 6.07) is 1.71. The highest BCUT2D eigenvalue weighted by Crippen LogP contribution is 2.36. The number of hydrogen-bond acceptors (Lipinski definition) is 4. The van der Waals surface area contributed by atoms with E-state index in [0.717, 1.165) is 11.3 Å². The third-order valence-electron chi connectivity index (χ3n) is 5.09. The van der Waals surface area contributed by atoms with Crippen LogP contribution in [-0.2, 0) is 4.43 Å². The van der Waals surface area contributed by atoms with E-state index in [9.17, 15) is 14.7 Å². The van der Waals surface area contributed by atoms with E-state index in [1.165, 1.54) is 0 Å². The largest absolute Gasteiger partial charge is 0.477 e. The monoisotopic (exact) mass is 384 g/mol. The summed E-state index contributed by atoms with van der Waals surface area (Å²) < 4.78 is 6.15. The van der Waals surface area contributed by atoms with E-state index in [2.05, 4.69) is 33.9 Å². The maximum Gasteiger partial charge on any atom is 0.346 e. The maximum atomic E-state index is 12.6. The SMILES string of the molecule is Cc1cc(N2CCN(CCO[Si](C)(C)C(C)(C)C)C2=O)sc1C(=O)O. The van der Waals surface area contributed by atoms with Crippen molar-refractivity contribution in [1.82, 2.24) is 4.90 Å². The Morgan fingerprint density at radius 2 is 2.00 bits per heavy atom. The lowest BCUT2D eigenvalue weighted by Gasteiger charge is -2.36. The molecule has 0 bridgehead atoms. The van der Waals surface area contributed by atoms with Gasteiger partial charge in [0.15, 0.2) is 8.32 Å². The molecule has 1 aliphatic heterocycles. The van der Waals surface area contributed by atoms with Gasteiger partial charge in [-0.3, -0.25) is 4.90 Å². The van der Waals surface area contributed by atoms with Crippen molar-refractivity contribution in [2.75, 3.05) is 31.1 Å². The number of hydrogen-bond donors (Lipinski definition) is 1. The molecule has 0 spiro atoms. The fourth-order valence-electron chi connectivity index (χ4n) is 2.43. The molecule has 0 aromatic carbocycles. The van der Waals surface area contributed by atoms with Crippen LogP contribution in [0.2, 0.25) is 18.1 Å². The minimum atomic E-state index is -1.81. The predicted molar refractivity (Wildman–Crippen MR) is 103 cm³/mol. The minimum absolute atomic E-state index is 0.0722. The maximum absolute atomic E-state index is 12.6. The molecule has 2 amide bonds. The highest BCUT2D eigenvalue weighted by Gasteiger charge is 2.38. The van der Waals surface area contributed by atoms with Crippen molar-refractivity contribution in [3.63, 3.8) is 0 Å². The quantitative estimate of drug-likeness (QED) is 0.752. The van der Waals surface area contributed by atoms with Gasteiger partial charge in [-0.25, -0.2) is 9.59 Å². The van der Waals surface area contributed by atoms with E-state index in [0.29, 0.717) is 41.7 Å². The van der Waals surface area contributed by atoms with Crippen LogP contribution < -0.4 is 4.90 Å². The van der Waals surface area contributed by atoms with Gasteiger partial charge in [0.05, 0.1) is 6.61 Å². The topological polar surface area (TPSA) is 70.1 Å². The molecule has 8 heteroatoms. The number of carbonyl (C=O) groups is 2. The molecule has 1 fully saturated rings. The molecule has 1 saturated heterocycles. The summed E-state index contributed by atoms with van der Waals surface area (Å²) in [5.41, 5.74) is 0.694. The van der Waals surface area contributed by atoms with Gasteiger partial charge in [0.2, 0.25) is 0 Å². The Labute approximate surface area is 154 Å². The van der Waals surface area contributed by atoms with Crippen molar-refractivity contribution >= 4 is 36.7 Å². The average Bonchev–Trinajstić information content (AvgIpc) is 3.01. The number of carboxylic acids is 1. The first-order valence-corrected chi connectivity index (χ1v) is 12.2. The number of amides is 2. The van der Waals surface area contributed by atoms with E-state index in [1.807, 2.05) is 0 Å². The second-order valence-corrected chi connectivity index (χ2v) is 13.8. The molecular formula is C17H28N2O4SSi. The zero-order valence-electron chi connectivity index (χ0n) is 15.9. The Balaban J connectivity index is 1.96. The Morgan fingerprint density at radius 3 is 2.52 bits per heavy atom. The Hall–Kier alpha value is -1.38. The predicted octanol–water partition coefficient (Wildman–Crippen LogP) is 4.02. The molecule has 6 nitrogen and oxygen atoms in total. The van der Waals surface area contributed by atoms with Gasteiger partial charge in [0, 0.05) is 19.6 Å². The molecule has 0 radical (unpaired) electrons. The zero-order chi connectivity index (χ0) is 19.0. The van der Waals surface area contributed by atoms with Crippen LogP contribution in [0.1, 0.15) is 36.0 Å². The molecule has 0 aliphatic carbocycles. The Bertz CT molecular complexity index is 666. The second-order valence-electron chi connectivity index (χ2n) is 7.93. The summed E-state index contributed by atoms with van der Waals surface area (Å²) in [6.45, 7) is 15.1. The number of urea groups is 1. The lowest BCUT2D eigenvalue weighted by Crippen LogP contribution is -2.43. The van der Waals surface area contributed by atoms with Gasteiger partial charge in [0.25, 0.3) is 0 Å².